The smallest absolute Gasteiger partial charge is 0.223 e. The molecule has 3 heteroatoms. The second kappa shape index (κ2) is 7.90. The summed E-state index contributed by atoms with van der Waals surface area (Å²) in [5.41, 5.74) is 1.41. The van der Waals surface area contributed by atoms with Crippen LogP contribution < -0.4 is 0 Å². The van der Waals surface area contributed by atoms with Gasteiger partial charge in [0.1, 0.15) is 0 Å². The first-order chi connectivity index (χ1) is 12.3. The van der Waals surface area contributed by atoms with Crippen molar-refractivity contribution in [3.8, 4) is 0 Å². The molecule has 1 saturated carbocycles. The topological polar surface area (TPSA) is 23.6 Å². The van der Waals surface area contributed by atoms with Gasteiger partial charge in [-0.2, -0.15) is 0 Å². The molecule has 0 spiro atoms. The van der Waals surface area contributed by atoms with Crippen LogP contribution in [-0.2, 0) is 11.3 Å². The lowest BCUT2D eigenvalue weighted by Gasteiger charge is -2.37. The SMILES string of the molecule is O=C1C[C@H]2CCN(Cc3ccccc3)C[C@@H]2CCN1C1CCCCC1. The van der Waals surface area contributed by atoms with Gasteiger partial charge in [-0.1, -0.05) is 49.6 Å². The van der Waals surface area contributed by atoms with E-state index in [4.69, 9.17) is 0 Å². The van der Waals surface area contributed by atoms with Gasteiger partial charge in [-0.3, -0.25) is 9.69 Å². The summed E-state index contributed by atoms with van der Waals surface area (Å²) in [7, 11) is 0. The van der Waals surface area contributed by atoms with Gasteiger partial charge in [0.15, 0.2) is 0 Å². The highest BCUT2D eigenvalue weighted by atomic mass is 16.2. The van der Waals surface area contributed by atoms with Crippen molar-refractivity contribution in [2.45, 2.75) is 64.0 Å². The maximum Gasteiger partial charge on any atom is 0.223 e. The molecule has 1 aromatic rings. The molecule has 3 aliphatic rings. The fourth-order valence-corrected chi connectivity index (χ4v) is 5.29. The van der Waals surface area contributed by atoms with Crippen molar-refractivity contribution >= 4 is 5.91 Å². The van der Waals surface area contributed by atoms with Crippen LogP contribution in [-0.4, -0.2) is 41.4 Å². The molecule has 2 saturated heterocycles. The zero-order valence-electron chi connectivity index (χ0n) is 15.4. The van der Waals surface area contributed by atoms with E-state index in [1.807, 2.05) is 0 Å². The van der Waals surface area contributed by atoms with E-state index in [0.29, 0.717) is 23.8 Å². The fraction of sp³-hybridized carbons (Fsp3) is 0.682. The largest absolute Gasteiger partial charge is 0.340 e. The molecule has 3 fully saturated rings. The van der Waals surface area contributed by atoms with Crippen LogP contribution in [0.2, 0.25) is 0 Å². The molecule has 136 valence electrons. The molecule has 0 unspecified atom stereocenters. The summed E-state index contributed by atoms with van der Waals surface area (Å²) in [6.07, 6.45) is 9.67. The Morgan fingerprint density at radius 3 is 2.44 bits per heavy atom. The predicted octanol–water partition coefficient (Wildman–Crippen LogP) is 4.08. The molecule has 1 aromatic carbocycles. The number of likely N-dealkylation sites (tertiary alicyclic amines) is 2. The number of rotatable bonds is 3. The maximum absolute atomic E-state index is 12.9. The Bertz CT molecular complexity index is 567. The van der Waals surface area contributed by atoms with Crippen LogP contribution in [0.4, 0.5) is 0 Å². The summed E-state index contributed by atoms with van der Waals surface area (Å²) in [6.45, 7) is 4.38. The van der Waals surface area contributed by atoms with E-state index in [1.54, 1.807) is 0 Å². The van der Waals surface area contributed by atoms with E-state index >= 15 is 0 Å². The highest BCUT2D eigenvalue weighted by Crippen LogP contribution is 2.35. The maximum atomic E-state index is 12.9. The average Bonchev–Trinajstić information content (AvgIpc) is 2.81. The molecule has 1 aliphatic carbocycles. The minimum absolute atomic E-state index is 0.455. The lowest BCUT2D eigenvalue weighted by Crippen LogP contribution is -2.41. The molecule has 2 atom stereocenters. The second-order valence-corrected chi connectivity index (χ2v) is 8.40. The quantitative estimate of drug-likeness (QED) is 0.828. The van der Waals surface area contributed by atoms with E-state index in [2.05, 4.69) is 40.1 Å². The molecule has 3 nitrogen and oxygen atoms in total. The van der Waals surface area contributed by atoms with Crippen molar-refractivity contribution in [2.24, 2.45) is 11.8 Å². The molecular formula is C22H32N2O. The summed E-state index contributed by atoms with van der Waals surface area (Å²) >= 11 is 0. The van der Waals surface area contributed by atoms with Crippen molar-refractivity contribution in [1.82, 2.24) is 9.80 Å². The zero-order chi connectivity index (χ0) is 17.1. The fourth-order valence-electron chi connectivity index (χ4n) is 5.29. The van der Waals surface area contributed by atoms with E-state index in [9.17, 15) is 4.79 Å². The number of hydrogen-bond donors (Lipinski definition) is 0. The third kappa shape index (κ3) is 4.08. The van der Waals surface area contributed by atoms with Gasteiger partial charge in [-0.25, -0.2) is 0 Å². The Morgan fingerprint density at radius 2 is 1.64 bits per heavy atom. The summed E-state index contributed by atoms with van der Waals surface area (Å²) in [4.78, 5) is 17.7. The van der Waals surface area contributed by atoms with Crippen LogP contribution in [0.5, 0.6) is 0 Å². The summed E-state index contributed by atoms with van der Waals surface area (Å²) in [5.74, 6) is 1.78. The van der Waals surface area contributed by atoms with E-state index in [1.165, 1.54) is 57.1 Å². The van der Waals surface area contributed by atoms with Gasteiger partial charge in [0.25, 0.3) is 0 Å². The Hall–Kier alpha value is -1.35. The number of fused-ring (bicyclic) bond motifs is 1. The van der Waals surface area contributed by atoms with Crippen LogP contribution in [0, 0.1) is 11.8 Å². The second-order valence-electron chi connectivity index (χ2n) is 8.40. The van der Waals surface area contributed by atoms with Gasteiger partial charge in [0.05, 0.1) is 0 Å². The number of benzene rings is 1. The van der Waals surface area contributed by atoms with Gasteiger partial charge in [0.2, 0.25) is 5.91 Å². The van der Waals surface area contributed by atoms with Gasteiger partial charge < -0.3 is 4.90 Å². The molecule has 1 amide bonds. The number of hydrogen-bond acceptors (Lipinski definition) is 2. The van der Waals surface area contributed by atoms with Crippen LogP contribution in [0.25, 0.3) is 0 Å². The number of amides is 1. The number of nitrogens with zero attached hydrogens (tertiary/aromatic N) is 2. The van der Waals surface area contributed by atoms with Gasteiger partial charge in [0, 0.05) is 32.1 Å². The highest BCUT2D eigenvalue weighted by Gasteiger charge is 2.37. The highest BCUT2D eigenvalue weighted by molar-refractivity contribution is 5.77. The predicted molar refractivity (Wildman–Crippen MR) is 101 cm³/mol. The first kappa shape index (κ1) is 17.1. The Morgan fingerprint density at radius 1 is 0.880 bits per heavy atom. The summed E-state index contributed by atoms with van der Waals surface area (Å²) < 4.78 is 0. The first-order valence-corrected chi connectivity index (χ1v) is 10.4. The lowest BCUT2D eigenvalue weighted by molar-refractivity contribution is -0.134. The van der Waals surface area contributed by atoms with E-state index < -0.39 is 0 Å². The van der Waals surface area contributed by atoms with Crippen LogP contribution >= 0.6 is 0 Å². The van der Waals surface area contributed by atoms with Gasteiger partial charge in [-0.05, 0) is 49.6 Å². The molecule has 0 N–H and O–H groups in total. The number of piperidine rings is 1. The van der Waals surface area contributed by atoms with Crippen molar-refractivity contribution in [3.05, 3.63) is 35.9 Å². The molecule has 4 rings (SSSR count). The number of carbonyl (C=O) groups excluding carboxylic acids is 1. The minimum Gasteiger partial charge on any atom is -0.340 e. The van der Waals surface area contributed by atoms with E-state index in [0.717, 1.165) is 26.1 Å². The molecular weight excluding hydrogens is 308 g/mol. The molecule has 25 heavy (non-hydrogen) atoms. The Labute approximate surface area is 152 Å². The van der Waals surface area contributed by atoms with Gasteiger partial charge in [-0.15, -0.1) is 0 Å². The first-order valence-electron chi connectivity index (χ1n) is 10.4. The summed E-state index contributed by atoms with van der Waals surface area (Å²) in [6, 6.07) is 11.4. The van der Waals surface area contributed by atoms with Crippen LogP contribution in [0.15, 0.2) is 30.3 Å². The van der Waals surface area contributed by atoms with Gasteiger partial charge >= 0.3 is 0 Å². The minimum atomic E-state index is 0.455. The molecule has 0 bridgehead atoms. The summed E-state index contributed by atoms with van der Waals surface area (Å²) in [5, 5.41) is 0. The van der Waals surface area contributed by atoms with Crippen molar-refractivity contribution < 1.29 is 4.79 Å². The van der Waals surface area contributed by atoms with Crippen molar-refractivity contribution in [2.75, 3.05) is 19.6 Å². The molecule has 0 radical (unpaired) electrons. The average molecular weight is 341 g/mol. The van der Waals surface area contributed by atoms with Crippen molar-refractivity contribution in [1.29, 1.82) is 0 Å². The van der Waals surface area contributed by atoms with Crippen LogP contribution in [0.1, 0.15) is 56.9 Å². The Balaban J connectivity index is 1.37. The molecule has 2 aliphatic heterocycles. The standard InChI is InChI=1S/C22H32N2O/c25-22-15-19-11-13-23(16-18-7-3-1-4-8-18)17-20(19)12-14-24(22)21-9-5-2-6-10-21/h1,3-4,7-8,19-21H,2,5-6,9-17H2/t19-,20+/m1/s1. The van der Waals surface area contributed by atoms with E-state index in [-0.39, 0.29) is 0 Å². The van der Waals surface area contributed by atoms with Crippen molar-refractivity contribution in [3.63, 3.8) is 0 Å². The third-order valence-corrected chi connectivity index (χ3v) is 6.74. The monoisotopic (exact) mass is 340 g/mol. The molecule has 2 heterocycles. The number of carbonyl (C=O) groups is 1. The van der Waals surface area contributed by atoms with Crippen LogP contribution in [0.3, 0.4) is 0 Å². The normalized spacial score (nSPS) is 29.3. The zero-order valence-corrected chi connectivity index (χ0v) is 15.4. The third-order valence-electron chi connectivity index (χ3n) is 6.74. The Kier molecular flexibility index (Phi) is 5.40. The lowest BCUT2D eigenvalue weighted by atomic mass is 9.82. The molecule has 0 aromatic heterocycles.